The van der Waals surface area contributed by atoms with Gasteiger partial charge in [0.2, 0.25) is 0 Å². The third kappa shape index (κ3) is 5.38. The van der Waals surface area contributed by atoms with Crippen molar-refractivity contribution in [2.75, 3.05) is 13.2 Å². The van der Waals surface area contributed by atoms with E-state index >= 15 is 0 Å². The molecule has 0 spiro atoms. The SMILES string of the molecule is CCCOc1ccc(/C=C2\SC(=O)N(CC(=O)c3ccc(Br)cc3)C2=O)cc1Br. The van der Waals surface area contributed by atoms with Crippen LogP contribution in [0.25, 0.3) is 6.08 Å². The van der Waals surface area contributed by atoms with Crippen molar-refractivity contribution in [1.82, 2.24) is 4.90 Å². The Hall–Kier alpha value is -1.90. The Bertz CT molecular complexity index is 989. The maximum Gasteiger partial charge on any atom is 0.293 e. The summed E-state index contributed by atoms with van der Waals surface area (Å²) in [7, 11) is 0. The molecule has 5 nitrogen and oxygen atoms in total. The summed E-state index contributed by atoms with van der Waals surface area (Å²) in [5.74, 6) is -0.0358. The molecule has 1 aliphatic rings. The minimum Gasteiger partial charge on any atom is -0.492 e. The zero-order valence-electron chi connectivity index (χ0n) is 15.5. The lowest BCUT2D eigenvalue weighted by molar-refractivity contribution is -0.122. The second-order valence-electron chi connectivity index (χ2n) is 6.24. The molecule has 0 saturated carbocycles. The van der Waals surface area contributed by atoms with Crippen LogP contribution in [-0.4, -0.2) is 35.0 Å². The molecule has 0 bridgehead atoms. The van der Waals surface area contributed by atoms with E-state index in [0.29, 0.717) is 12.2 Å². The van der Waals surface area contributed by atoms with E-state index in [-0.39, 0.29) is 17.2 Å². The largest absolute Gasteiger partial charge is 0.492 e. The van der Waals surface area contributed by atoms with Gasteiger partial charge in [0.25, 0.3) is 11.1 Å². The average molecular weight is 539 g/mol. The predicted octanol–water partition coefficient (Wildman–Crippen LogP) is 5.92. The van der Waals surface area contributed by atoms with Crippen LogP contribution in [0.15, 0.2) is 56.3 Å². The first-order valence-corrected chi connectivity index (χ1v) is 11.3. The molecule has 29 heavy (non-hydrogen) atoms. The molecule has 150 valence electrons. The molecule has 2 amide bonds. The maximum absolute atomic E-state index is 12.7. The molecule has 0 atom stereocenters. The van der Waals surface area contributed by atoms with Crippen LogP contribution in [0.4, 0.5) is 4.79 Å². The number of amides is 2. The number of carbonyl (C=O) groups is 3. The number of halogens is 2. The fourth-order valence-corrected chi connectivity index (χ4v) is 4.21. The molecular weight excluding hydrogens is 522 g/mol. The van der Waals surface area contributed by atoms with Crippen molar-refractivity contribution in [1.29, 1.82) is 0 Å². The van der Waals surface area contributed by atoms with E-state index in [0.717, 1.165) is 43.3 Å². The van der Waals surface area contributed by atoms with Gasteiger partial charge in [0.05, 0.1) is 22.5 Å². The molecule has 0 aromatic heterocycles. The van der Waals surface area contributed by atoms with Gasteiger partial charge in [-0.1, -0.05) is 41.1 Å². The fraction of sp³-hybridized carbons (Fsp3) is 0.190. The van der Waals surface area contributed by atoms with E-state index in [4.69, 9.17) is 4.74 Å². The number of ketones is 1. The molecule has 0 radical (unpaired) electrons. The monoisotopic (exact) mass is 537 g/mol. The Morgan fingerprint density at radius 3 is 2.52 bits per heavy atom. The van der Waals surface area contributed by atoms with E-state index in [1.165, 1.54) is 0 Å². The second kappa shape index (κ2) is 9.73. The molecule has 1 saturated heterocycles. The zero-order valence-corrected chi connectivity index (χ0v) is 19.5. The van der Waals surface area contributed by atoms with Crippen molar-refractivity contribution in [3.05, 3.63) is 67.4 Å². The van der Waals surface area contributed by atoms with Crippen LogP contribution in [0, 0.1) is 0 Å². The summed E-state index contributed by atoms with van der Waals surface area (Å²) in [5.41, 5.74) is 1.20. The van der Waals surface area contributed by atoms with Gasteiger partial charge in [0.1, 0.15) is 5.75 Å². The molecule has 2 aromatic rings. The Morgan fingerprint density at radius 1 is 1.14 bits per heavy atom. The summed E-state index contributed by atoms with van der Waals surface area (Å²) in [4.78, 5) is 38.6. The molecule has 2 aromatic carbocycles. The minimum atomic E-state index is -0.465. The molecule has 0 N–H and O–H groups in total. The van der Waals surface area contributed by atoms with E-state index < -0.39 is 11.1 Å². The number of Topliss-reactive ketones (excluding diaryl/α,β-unsaturated/α-hetero) is 1. The Kier molecular flexibility index (Phi) is 7.32. The molecule has 1 fully saturated rings. The number of nitrogens with zero attached hydrogens (tertiary/aromatic N) is 1. The van der Waals surface area contributed by atoms with Gasteiger partial charge in [-0.25, -0.2) is 0 Å². The van der Waals surface area contributed by atoms with E-state index in [9.17, 15) is 14.4 Å². The Labute approximate surface area is 189 Å². The first-order chi connectivity index (χ1) is 13.9. The van der Waals surface area contributed by atoms with E-state index in [1.54, 1.807) is 30.3 Å². The fourth-order valence-electron chi connectivity index (χ4n) is 2.59. The van der Waals surface area contributed by atoms with Crippen molar-refractivity contribution in [2.24, 2.45) is 0 Å². The zero-order chi connectivity index (χ0) is 21.0. The van der Waals surface area contributed by atoms with Crippen LogP contribution in [0.3, 0.4) is 0 Å². The third-order valence-corrected chi connectivity index (χ3v) is 6.11. The molecule has 3 rings (SSSR count). The Morgan fingerprint density at radius 2 is 1.86 bits per heavy atom. The van der Waals surface area contributed by atoms with Crippen molar-refractivity contribution >= 4 is 66.6 Å². The summed E-state index contributed by atoms with van der Waals surface area (Å²) in [5, 5.41) is -0.450. The number of imide groups is 1. The number of benzene rings is 2. The van der Waals surface area contributed by atoms with Crippen LogP contribution >= 0.6 is 43.6 Å². The number of hydrogen-bond donors (Lipinski definition) is 0. The second-order valence-corrected chi connectivity index (χ2v) is 9.00. The summed E-state index contributed by atoms with van der Waals surface area (Å²) < 4.78 is 7.23. The standard InChI is InChI=1S/C21H17Br2NO4S/c1-2-9-28-18-8-3-13(10-16(18)23)11-19-20(26)24(21(27)29-19)12-17(25)14-4-6-15(22)7-5-14/h3-8,10-11H,2,9,12H2,1H3/b19-11-. The third-order valence-electron chi connectivity index (χ3n) is 4.06. The summed E-state index contributed by atoms with van der Waals surface area (Å²) in [6, 6.07) is 12.2. The number of hydrogen-bond acceptors (Lipinski definition) is 5. The van der Waals surface area contributed by atoms with Crippen LogP contribution < -0.4 is 4.74 Å². The molecule has 1 heterocycles. The van der Waals surface area contributed by atoms with Crippen LogP contribution in [0.2, 0.25) is 0 Å². The van der Waals surface area contributed by atoms with Crippen LogP contribution in [-0.2, 0) is 4.79 Å². The maximum atomic E-state index is 12.7. The minimum absolute atomic E-state index is 0.281. The number of thioether (sulfide) groups is 1. The van der Waals surface area contributed by atoms with Gasteiger partial charge in [0, 0.05) is 10.0 Å². The predicted molar refractivity (Wildman–Crippen MR) is 121 cm³/mol. The highest BCUT2D eigenvalue weighted by Crippen LogP contribution is 2.34. The van der Waals surface area contributed by atoms with Crippen molar-refractivity contribution < 1.29 is 19.1 Å². The lowest BCUT2D eigenvalue weighted by Gasteiger charge is -2.11. The lowest BCUT2D eigenvalue weighted by atomic mass is 10.1. The molecule has 0 unspecified atom stereocenters. The summed E-state index contributed by atoms with van der Waals surface area (Å²) >= 11 is 7.60. The molecular formula is C21H17Br2NO4S. The quantitative estimate of drug-likeness (QED) is 0.323. The first kappa shape index (κ1) is 21.8. The number of rotatable bonds is 7. The van der Waals surface area contributed by atoms with Crippen molar-refractivity contribution in [3.63, 3.8) is 0 Å². The van der Waals surface area contributed by atoms with Gasteiger partial charge in [-0.15, -0.1) is 0 Å². The highest BCUT2D eigenvalue weighted by molar-refractivity contribution is 9.10. The van der Waals surface area contributed by atoms with Crippen molar-refractivity contribution in [2.45, 2.75) is 13.3 Å². The average Bonchev–Trinajstić information content (AvgIpc) is 2.95. The molecule has 8 heteroatoms. The number of carbonyl (C=O) groups excluding carboxylic acids is 3. The first-order valence-electron chi connectivity index (χ1n) is 8.85. The normalized spacial score (nSPS) is 15.3. The van der Waals surface area contributed by atoms with E-state index in [1.807, 2.05) is 25.1 Å². The van der Waals surface area contributed by atoms with Gasteiger partial charge >= 0.3 is 0 Å². The highest BCUT2D eigenvalue weighted by Gasteiger charge is 2.36. The van der Waals surface area contributed by atoms with Gasteiger partial charge in [0.15, 0.2) is 5.78 Å². The van der Waals surface area contributed by atoms with Gasteiger partial charge < -0.3 is 4.74 Å². The smallest absolute Gasteiger partial charge is 0.293 e. The molecule has 1 aliphatic heterocycles. The van der Waals surface area contributed by atoms with Gasteiger partial charge in [-0.3, -0.25) is 19.3 Å². The van der Waals surface area contributed by atoms with Gasteiger partial charge in [-0.05, 0) is 70.0 Å². The molecule has 0 aliphatic carbocycles. The topological polar surface area (TPSA) is 63.7 Å². The van der Waals surface area contributed by atoms with Crippen molar-refractivity contribution in [3.8, 4) is 5.75 Å². The van der Waals surface area contributed by atoms with E-state index in [2.05, 4.69) is 31.9 Å². The highest BCUT2D eigenvalue weighted by atomic mass is 79.9. The lowest BCUT2D eigenvalue weighted by Crippen LogP contribution is -2.33. The summed E-state index contributed by atoms with van der Waals surface area (Å²) in [6.45, 7) is 2.36. The van der Waals surface area contributed by atoms with Gasteiger partial charge in [-0.2, -0.15) is 0 Å². The van der Waals surface area contributed by atoms with Crippen LogP contribution in [0.5, 0.6) is 5.75 Å². The Balaban J connectivity index is 1.73. The summed E-state index contributed by atoms with van der Waals surface area (Å²) in [6.07, 6.45) is 2.55. The van der Waals surface area contributed by atoms with Crippen LogP contribution in [0.1, 0.15) is 29.3 Å². The number of ether oxygens (including phenoxy) is 1.